The lowest BCUT2D eigenvalue weighted by Gasteiger charge is -2.57. The average Bonchev–Trinajstić information content (AvgIpc) is 3.22. The van der Waals surface area contributed by atoms with Crippen molar-refractivity contribution in [3.05, 3.63) is 95.5 Å². The zero-order valence-corrected chi connectivity index (χ0v) is 32.5. The first-order chi connectivity index (χ1) is 27.7. The molecule has 3 atom stereocenters. The van der Waals surface area contributed by atoms with Crippen molar-refractivity contribution in [3.63, 3.8) is 0 Å². The highest BCUT2D eigenvalue weighted by Crippen LogP contribution is 2.46. The summed E-state index contributed by atoms with van der Waals surface area (Å²) in [4.78, 5) is 107. The molecule has 4 heterocycles. The summed E-state index contributed by atoms with van der Waals surface area (Å²) in [7, 11) is 1.50. The zero-order valence-electron chi connectivity index (χ0n) is 30.8. The first-order valence-electron chi connectivity index (χ1n) is 17.5. The van der Waals surface area contributed by atoms with Crippen LogP contribution in [-0.2, 0) is 28.8 Å². The summed E-state index contributed by atoms with van der Waals surface area (Å²) in [6, 6.07) is 12.3. The molecule has 2 saturated heterocycles. The van der Waals surface area contributed by atoms with E-state index < -0.39 is 70.1 Å². The molecule has 0 aliphatic carbocycles. The van der Waals surface area contributed by atoms with Gasteiger partial charge in [0.15, 0.2) is 11.5 Å². The number of imide groups is 1. The number of amides is 8. The molecule has 1 unspecified atom stereocenters. The summed E-state index contributed by atoms with van der Waals surface area (Å²) in [5, 5.41) is 39.3. The van der Waals surface area contributed by atoms with Crippen molar-refractivity contribution in [1.29, 1.82) is 0 Å². The van der Waals surface area contributed by atoms with Crippen LogP contribution in [0.25, 0.3) is 0 Å². The minimum absolute atomic E-state index is 0.0468. The molecule has 0 spiro atoms. The minimum Gasteiger partial charge on any atom is -0.543 e. The summed E-state index contributed by atoms with van der Waals surface area (Å²) >= 11 is 2.30. The lowest BCUT2D eigenvalue weighted by atomic mass is 9.94. The number of aromatic hydroxyl groups is 2. The number of carboxylic acid groups (broad SMARTS) is 1. The van der Waals surface area contributed by atoms with Gasteiger partial charge in [-0.3, -0.25) is 38.6 Å². The standard InChI is InChI=1S/C37H36N8O11S2/c1-3-42-15-16-44(32(52)31(42)51)36(56)39-27(21-7-5-4-6-8-21)29(49)40-37(38-20-46)34(55)45-28(33(53)54)23(19-58-35(37)45)18-57-24-11-13-43(14-12-24)41(2)30(50)22-9-10-25(47)26(48)17-22/h4-14,17,20,27,35H,3,15-16,18-19H2,1-2H3,(H5-,38,39,40,46,47,48,49,50,51,52,53,54,56)/t27?,35-,37-/m1/s1. The fourth-order valence-electron chi connectivity index (χ4n) is 6.50. The molecule has 302 valence electrons. The van der Waals surface area contributed by atoms with Gasteiger partial charge in [0.05, 0.1) is 18.7 Å². The summed E-state index contributed by atoms with van der Waals surface area (Å²) < 4.78 is 1.47. The second-order valence-electron chi connectivity index (χ2n) is 13.0. The van der Waals surface area contributed by atoms with Crippen LogP contribution < -0.4 is 30.7 Å². The molecule has 0 saturated carbocycles. The van der Waals surface area contributed by atoms with Gasteiger partial charge in [0.1, 0.15) is 11.4 Å². The number of thioether (sulfide) groups is 2. The second-order valence-corrected chi connectivity index (χ2v) is 15.1. The zero-order chi connectivity index (χ0) is 41.9. The topological polar surface area (TPSA) is 253 Å². The number of phenolic OH excluding ortho intramolecular Hbond substituents is 2. The van der Waals surface area contributed by atoms with Gasteiger partial charge in [0.25, 0.3) is 5.91 Å². The third-order valence-corrected chi connectivity index (χ3v) is 12.1. The van der Waals surface area contributed by atoms with Crippen molar-refractivity contribution < 1.29 is 58.4 Å². The number of rotatable bonds is 13. The summed E-state index contributed by atoms with van der Waals surface area (Å²) in [5.41, 5.74) is -1.90. The number of aliphatic carboxylic acids is 1. The van der Waals surface area contributed by atoms with Crippen LogP contribution in [0.15, 0.2) is 89.2 Å². The smallest absolute Gasteiger partial charge is 0.325 e. The van der Waals surface area contributed by atoms with E-state index in [0.717, 1.165) is 22.7 Å². The number of benzene rings is 2. The molecule has 0 bridgehead atoms. The molecule has 5 N–H and O–H groups in total. The van der Waals surface area contributed by atoms with Crippen LogP contribution in [0.5, 0.6) is 11.5 Å². The SMILES string of the molecule is CCN1CCN(C(=O)NC(C(=O)N[C@]2(NC=O)C(=O)N3C(C(=O)[O-])=C(CSc4cc[n+](N(C)C(=O)c5ccc(O)c(O)c5)cc4)CS[C@@H]32)c2ccccc2)C(=O)C1=O. The summed E-state index contributed by atoms with van der Waals surface area (Å²) in [6.07, 6.45) is 3.34. The Morgan fingerprint density at radius 3 is 2.38 bits per heavy atom. The van der Waals surface area contributed by atoms with Gasteiger partial charge in [-0.15, -0.1) is 28.5 Å². The maximum Gasteiger partial charge on any atom is 0.325 e. The van der Waals surface area contributed by atoms with Crippen LogP contribution in [0.1, 0.15) is 28.9 Å². The molecule has 1 aromatic heterocycles. The number of urea groups is 1. The molecule has 3 aliphatic rings. The average molecular weight is 833 g/mol. The van der Waals surface area contributed by atoms with Crippen molar-refractivity contribution in [1.82, 2.24) is 30.7 Å². The normalized spacial score (nSPS) is 19.4. The van der Waals surface area contributed by atoms with Crippen LogP contribution in [0.4, 0.5) is 4.79 Å². The number of carbonyl (C=O) groups excluding carboxylic acids is 8. The number of hydrogen-bond acceptors (Lipinski definition) is 13. The number of pyridine rings is 1. The van der Waals surface area contributed by atoms with Gasteiger partial charge in [-0.25, -0.2) is 4.79 Å². The molecule has 8 amide bonds. The number of carbonyl (C=O) groups is 8. The molecule has 2 fully saturated rings. The Hall–Kier alpha value is -6.61. The Balaban J connectivity index is 1.17. The van der Waals surface area contributed by atoms with E-state index in [1.807, 2.05) is 0 Å². The molecule has 21 heteroatoms. The molecule has 3 aliphatic heterocycles. The van der Waals surface area contributed by atoms with Crippen LogP contribution in [-0.4, -0.2) is 122 Å². The van der Waals surface area contributed by atoms with Gasteiger partial charge in [0.2, 0.25) is 30.4 Å². The number of piperazine rings is 1. The van der Waals surface area contributed by atoms with Crippen LogP contribution in [0, 0.1) is 0 Å². The lowest BCUT2D eigenvalue weighted by Crippen LogP contribution is -2.85. The molecule has 19 nitrogen and oxygen atoms in total. The number of phenols is 2. The number of nitrogens with zero attached hydrogens (tertiary/aromatic N) is 5. The van der Waals surface area contributed by atoms with Crippen LogP contribution in [0.2, 0.25) is 0 Å². The van der Waals surface area contributed by atoms with Crippen molar-refractivity contribution in [3.8, 4) is 11.5 Å². The maximum absolute atomic E-state index is 14.0. The van der Waals surface area contributed by atoms with Gasteiger partial charge in [-0.05, 0) is 36.3 Å². The largest absolute Gasteiger partial charge is 0.543 e. The number of likely N-dealkylation sites (N-methyl/N-ethyl adjacent to an activating group) is 1. The molecule has 58 heavy (non-hydrogen) atoms. The number of β-lactam (4-membered cyclic amide) rings is 1. The minimum atomic E-state index is -2.14. The Morgan fingerprint density at radius 2 is 1.74 bits per heavy atom. The van der Waals surface area contributed by atoms with E-state index in [0.29, 0.717) is 15.4 Å². The van der Waals surface area contributed by atoms with Crippen molar-refractivity contribution in [2.24, 2.45) is 0 Å². The molecular formula is C37H36N8O11S2. The molecule has 6 rings (SSSR count). The van der Waals surface area contributed by atoms with Gasteiger partial charge < -0.3 is 41.0 Å². The second kappa shape index (κ2) is 16.9. The van der Waals surface area contributed by atoms with E-state index in [-0.39, 0.29) is 54.4 Å². The number of nitrogens with one attached hydrogen (secondary N) is 3. The fourth-order valence-corrected chi connectivity index (χ4v) is 8.95. The summed E-state index contributed by atoms with van der Waals surface area (Å²) in [5.74, 6) is -6.76. The molecular weight excluding hydrogens is 797 g/mol. The van der Waals surface area contributed by atoms with E-state index in [2.05, 4.69) is 16.0 Å². The predicted octanol–water partition coefficient (Wildman–Crippen LogP) is -1.50. The Morgan fingerprint density at radius 1 is 1.03 bits per heavy atom. The lowest BCUT2D eigenvalue weighted by molar-refractivity contribution is -0.679. The van der Waals surface area contributed by atoms with Crippen LogP contribution in [0.3, 0.4) is 0 Å². The third-order valence-electron chi connectivity index (χ3n) is 9.61. The predicted molar refractivity (Wildman–Crippen MR) is 202 cm³/mol. The van der Waals surface area contributed by atoms with Gasteiger partial charge in [-0.2, -0.15) is 0 Å². The fraction of sp³-hybridized carbons (Fsp3) is 0.270. The van der Waals surface area contributed by atoms with Gasteiger partial charge in [0, 0.05) is 53.7 Å². The number of fused-ring (bicyclic) bond motifs is 1. The quantitative estimate of drug-likeness (QED) is 0.0251. The van der Waals surface area contributed by atoms with E-state index in [1.54, 1.807) is 49.6 Å². The van der Waals surface area contributed by atoms with Crippen molar-refractivity contribution >= 4 is 71.5 Å². The molecule has 0 radical (unpaired) electrons. The van der Waals surface area contributed by atoms with E-state index in [4.69, 9.17) is 0 Å². The number of carboxylic acids is 1. The first-order valence-corrected chi connectivity index (χ1v) is 19.6. The maximum atomic E-state index is 14.0. The van der Waals surface area contributed by atoms with E-state index in [9.17, 15) is 53.7 Å². The Kier molecular flexibility index (Phi) is 11.9. The monoisotopic (exact) mass is 832 g/mol. The first kappa shape index (κ1) is 41.0. The van der Waals surface area contributed by atoms with Crippen molar-refractivity contribution in [2.75, 3.05) is 43.2 Å². The van der Waals surface area contributed by atoms with Gasteiger partial charge >= 0.3 is 23.8 Å². The number of hydrogen-bond donors (Lipinski definition) is 5. The molecule has 3 aromatic rings. The molecule has 2 aromatic carbocycles. The Labute approximate surface area is 338 Å². The number of aromatic nitrogens is 1. The third kappa shape index (κ3) is 7.72. The van der Waals surface area contributed by atoms with Gasteiger partial charge in [-0.1, -0.05) is 35.0 Å². The highest BCUT2D eigenvalue weighted by Gasteiger charge is 2.65. The van der Waals surface area contributed by atoms with E-state index >= 15 is 0 Å². The van der Waals surface area contributed by atoms with Crippen LogP contribution >= 0.6 is 23.5 Å². The highest BCUT2D eigenvalue weighted by molar-refractivity contribution is 8.01. The highest BCUT2D eigenvalue weighted by atomic mass is 32.2. The van der Waals surface area contributed by atoms with E-state index in [1.165, 1.54) is 57.7 Å². The summed E-state index contributed by atoms with van der Waals surface area (Å²) in [6.45, 7) is 1.89. The Bertz CT molecular complexity index is 2230. The van der Waals surface area contributed by atoms with Crippen molar-refractivity contribution in [2.45, 2.75) is 28.9 Å².